The highest BCUT2D eigenvalue weighted by molar-refractivity contribution is 5.92. The zero-order valence-corrected chi connectivity index (χ0v) is 18.0. The van der Waals surface area contributed by atoms with Crippen molar-refractivity contribution in [1.82, 2.24) is 4.90 Å². The van der Waals surface area contributed by atoms with Gasteiger partial charge in [-0.05, 0) is 48.6 Å². The minimum Gasteiger partial charge on any atom is -0.487 e. The Morgan fingerprint density at radius 2 is 2.09 bits per heavy atom. The normalized spacial score (nSPS) is 28.5. The molecule has 2 aromatic rings. The molecule has 6 nitrogen and oxygen atoms in total. The number of hydrogen-bond acceptors (Lipinski definition) is 5. The fourth-order valence-corrected chi connectivity index (χ4v) is 5.48. The number of anilines is 1. The molecule has 3 N–H and O–H groups in total. The standard InChI is InChI=1S/C25H29FN2O4/c26-20-5-1-2-6-23(20)32-19-11-18-13-28(15-25(18,31)12-19)14-22(29)17-8-9-21-16(10-17)4-3-7-24(30)27-21/h1-2,5-6,8-10,18-19,22,29,31H,3-4,7,11-15H2,(H,27,30)/t18-,19+,22+,25-/m1/s1. The fourth-order valence-electron chi connectivity index (χ4n) is 5.48. The van der Waals surface area contributed by atoms with E-state index in [0.717, 1.165) is 29.7 Å². The van der Waals surface area contributed by atoms with Crippen LogP contribution in [-0.2, 0) is 11.2 Å². The number of carbonyl (C=O) groups excluding carboxylic acids is 1. The second kappa shape index (κ2) is 8.46. The largest absolute Gasteiger partial charge is 0.487 e. The highest BCUT2D eigenvalue weighted by Crippen LogP contribution is 2.43. The van der Waals surface area contributed by atoms with Gasteiger partial charge in [0.2, 0.25) is 5.91 Å². The van der Waals surface area contributed by atoms with Crippen LogP contribution in [0, 0.1) is 11.7 Å². The van der Waals surface area contributed by atoms with Crippen molar-refractivity contribution < 1.29 is 24.1 Å². The van der Waals surface area contributed by atoms with Crippen molar-refractivity contribution in [3.05, 3.63) is 59.4 Å². The first-order chi connectivity index (χ1) is 15.4. The molecule has 170 valence electrons. The quantitative estimate of drug-likeness (QED) is 0.666. The molecule has 0 radical (unpaired) electrons. The first-order valence-corrected chi connectivity index (χ1v) is 11.4. The summed E-state index contributed by atoms with van der Waals surface area (Å²) in [6.45, 7) is 1.57. The number of halogens is 1. The van der Waals surface area contributed by atoms with Gasteiger partial charge in [-0.3, -0.25) is 9.69 Å². The molecule has 0 bridgehead atoms. The number of β-amino-alcohol motifs (C(OH)–C–C–N with tert-alkyl or cyclic N) is 2. The maximum absolute atomic E-state index is 13.9. The molecular formula is C25H29FN2O4. The van der Waals surface area contributed by atoms with Crippen LogP contribution in [0.3, 0.4) is 0 Å². The summed E-state index contributed by atoms with van der Waals surface area (Å²) in [6, 6.07) is 12.1. The monoisotopic (exact) mass is 440 g/mol. The van der Waals surface area contributed by atoms with Crippen LogP contribution in [0.5, 0.6) is 5.75 Å². The fraction of sp³-hybridized carbons (Fsp3) is 0.480. The van der Waals surface area contributed by atoms with E-state index in [-0.39, 0.29) is 29.5 Å². The second-order valence-corrected chi connectivity index (χ2v) is 9.44. The van der Waals surface area contributed by atoms with E-state index in [9.17, 15) is 19.4 Å². The summed E-state index contributed by atoms with van der Waals surface area (Å²) >= 11 is 0. The van der Waals surface area contributed by atoms with E-state index in [4.69, 9.17) is 4.74 Å². The number of nitrogens with zero attached hydrogens (tertiary/aromatic N) is 1. The molecule has 1 saturated heterocycles. The first kappa shape index (κ1) is 21.4. The number of nitrogens with one attached hydrogen (secondary N) is 1. The van der Waals surface area contributed by atoms with Crippen molar-refractivity contribution in [1.29, 1.82) is 0 Å². The number of aliphatic hydroxyl groups excluding tert-OH is 1. The molecule has 2 fully saturated rings. The predicted molar refractivity (Wildman–Crippen MR) is 118 cm³/mol. The number of ether oxygens (including phenoxy) is 1. The van der Waals surface area contributed by atoms with Crippen molar-refractivity contribution in [3.8, 4) is 5.75 Å². The Morgan fingerprint density at radius 1 is 1.25 bits per heavy atom. The van der Waals surface area contributed by atoms with Gasteiger partial charge in [0.1, 0.15) is 6.10 Å². The number of para-hydroxylation sites is 1. The van der Waals surface area contributed by atoms with Gasteiger partial charge in [-0.25, -0.2) is 4.39 Å². The van der Waals surface area contributed by atoms with E-state index in [0.29, 0.717) is 38.9 Å². The number of carbonyl (C=O) groups is 1. The summed E-state index contributed by atoms with van der Waals surface area (Å²) in [5.41, 5.74) is 1.82. The number of aliphatic hydroxyl groups is 2. The number of fused-ring (bicyclic) bond motifs is 2. The second-order valence-electron chi connectivity index (χ2n) is 9.44. The van der Waals surface area contributed by atoms with Gasteiger partial charge < -0.3 is 20.3 Å². The average Bonchev–Trinajstić information content (AvgIpc) is 3.11. The summed E-state index contributed by atoms with van der Waals surface area (Å²) in [6.07, 6.45) is 2.36. The minimum absolute atomic E-state index is 0.0335. The van der Waals surface area contributed by atoms with Crippen LogP contribution < -0.4 is 10.1 Å². The maximum atomic E-state index is 13.9. The molecule has 2 aliphatic heterocycles. The van der Waals surface area contributed by atoms with E-state index >= 15 is 0 Å². The Kier molecular flexibility index (Phi) is 5.65. The van der Waals surface area contributed by atoms with E-state index in [1.54, 1.807) is 18.2 Å². The third-order valence-electron chi connectivity index (χ3n) is 7.06. The van der Waals surface area contributed by atoms with Crippen molar-refractivity contribution in [2.75, 3.05) is 25.0 Å². The summed E-state index contributed by atoms with van der Waals surface area (Å²) < 4.78 is 19.7. The lowest BCUT2D eigenvalue weighted by Crippen LogP contribution is -2.36. The lowest BCUT2D eigenvalue weighted by Gasteiger charge is -2.25. The Hall–Kier alpha value is -2.48. The third-order valence-corrected chi connectivity index (χ3v) is 7.06. The lowest BCUT2D eigenvalue weighted by molar-refractivity contribution is -0.116. The number of likely N-dealkylation sites (tertiary alicyclic amines) is 1. The highest BCUT2D eigenvalue weighted by atomic mass is 19.1. The number of aryl methyl sites for hydroxylation is 1. The van der Waals surface area contributed by atoms with Gasteiger partial charge in [0.15, 0.2) is 11.6 Å². The van der Waals surface area contributed by atoms with Crippen LogP contribution in [0.25, 0.3) is 0 Å². The molecule has 0 spiro atoms. The smallest absolute Gasteiger partial charge is 0.224 e. The Balaban J connectivity index is 1.19. The number of hydrogen-bond donors (Lipinski definition) is 3. The average molecular weight is 441 g/mol. The molecule has 1 saturated carbocycles. The molecular weight excluding hydrogens is 411 g/mol. The molecule has 0 unspecified atom stereocenters. The van der Waals surface area contributed by atoms with Gasteiger partial charge in [-0.15, -0.1) is 0 Å². The van der Waals surface area contributed by atoms with Crippen LogP contribution in [0.1, 0.15) is 42.9 Å². The minimum atomic E-state index is -0.881. The Bertz CT molecular complexity index is 1020. The molecule has 2 heterocycles. The van der Waals surface area contributed by atoms with Crippen molar-refractivity contribution >= 4 is 11.6 Å². The molecule has 1 aliphatic carbocycles. The highest BCUT2D eigenvalue weighted by Gasteiger charge is 2.52. The summed E-state index contributed by atoms with van der Waals surface area (Å²) in [5.74, 6) is -0.0886. The van der Waals surface area contributed by atoms with Crippen LogP contribution in [0.4, 0.5) is 10.1 Å². The molecule has 0 aromatic heterocycles. The topological polar surface area (TPSA) is 82.0 Å². The van der Waals surface area contributed by atoms with Gasteiger partial charge >= 0.3 is 0 Å². The van der Waals surface area contributed by atoms with Gasteiger partial charge in [0.25, 0.3) is 0 Å². The molecule has 7 heteroatoms. The van der Waals surface area contributed by atoms with Crippen molar-refractivity contribution in [3.63, 3.8) is 0 Å². The Labute approximate surface area is 187 Å². The zero-order valence-electron chi connectivity index (χ0n) is 18.0. The lowest BCUT2D eigenvalue weighted by atomic mass is 9.95. The number of amides is 1. The maximum Gasteiger partial charge on any atom is 0.224 e. The summed E-state index contributed by atoms with van der Waals surface area (Å²) in [7, 11) is 0. The van der Waals surface area contributed by atoms with E-state index in [1.165, 1.54) is 6.07 Å². The van der Waals surface area contributed by atoms with Crippen molar-refractivity contribution in [2.24, 2.45) is 5.92 Å². The Morgan fingerprint density at radius 3 is 2.91 bits per heavy atom. The van der Waals surface area contributed by atoms with Gasteiger partial charge in [-0.2, -0.15) is 0 Å². The van der Waals surface area contributed by atoms with E-state index < -0.39 is 11.7 Å². The van der Waals surface area contributed by atoms with Gasteiger partial charge in [0.05, 0.1) is 11.7 Å². The molecule has 4 atom stereocenters. The summed E-state index contributed by atoms with van der Waals surface area (Å²) in [4.78, 5) is 13.8. The molecule has 32 heavy (non-hydrogen) atoms. The van der Waals surface area contributed by atoms with E-state index in [1.807, 2.05) is 18.2 Å². The van der Waals surface area contributed by atoms with Gasteiger partial charge in [-0.1, -0.05) is 24.3 Å². The predicted octanol–water partition coefficient (Wildman–Crippen LogP) is 3.04. The molecule has 3 aliphatic rings. The molecule has 2 aromatic carbocycles. The van der Waals surface area contributed by atoms with Crippen LogP contribution in [0.15, 0.2) is 42.5 Å². The molecule has 5 rings (SSSR count). The number of rotatable bonds is 5. The van der Waals surface area contributed by atoms with Crippen LogP contribution in [0.2, 0.25) is 0 Å². The van der Waals surface area contributed by atoms with Crippen LogP contribution in [-0.4, -0.2) is 52.4 Å². The zero-order chi connectivity index (χ0) is 22.3. The first-order valence-electron chi connectivity index (χ1n) is 11.4. The van der Waals surface area contributed by atoms with Crippen molar-refractivity contribution in [2.45, 2.75) is 49.9 Å². The SMILES string of the molecule is O=C1CCCc2cc([C@@H](O)CN3C[C@H]4C[C@H](Oc5ccccc5F)C[C@@]4(O)C3)ccc2N1. The summed E-state index contributed by atoms with van der Waals surface area (Å²) in [5, 5.41) is 25.0. The number of benzene rings is 2. The van der Waals surface area contributed by atoms with Gasteiger partial charge in [0, 0.05) is 44.1 Å². The van der Waals surface area contributed by atoms with E-state index in [2.05, 4.69) is 10.2 Å². The van der Waals surface area contributed by atoms with Crippen LogP contribution >= 0.6 is 0 Å². The molecule has 1 amide bonds. The third kappa shape index (κ3) is 4.25.